The van der Waals surface area contributed by atoms with Crippen LogP contribution in [0.3, 0.4) is 0 Å². The Morgan fingerprint density at radius 3 is 2.70 bits per heavy atom. The van der Waals surface area contributed by atoms with E-state index in [4.69, 9.17) is 9.47 Å². The lowest BCUT2D eigenvalue weighted by molar-refractivity contribution is 0.111. The Morgan fingerprint density at radius 1 is 1.25 bits per heavy atom. The summed E-state index contributed by atoms with van der Waals surface area (Å²) in [4.78, 5) is 11.0. The molecule has 2 aromatic rings. The Labute approximate surface area is 124 Å². The molecule has 0 fully saturated rings. The van der Waals surface area contributed by atoms with E-state index < -0.39 is 5.82 Å². The molecule has 0 heterocycles. The van der Waals surface area contributed by atoms with E-state index in [1.54, 1.807) is 30.3 Å². The normalized spacial score (nSPS) is 10.2. The van der Waals surface area contributed by atoms with Crippen molar-refractivity contribution in [1.29, 1.82) is 0 Å². The van der Waals surface area contributed by atoms with Gasteiger partial charge in [-0.1, -0.05) is 18.2 Å². The van der Waals surface area contributed by atoms with Crippen LogP contribution in [0, 0.1) is 5.82 Å². The smallest absolute Gasteiger partial charge is 0.171 e. The molecule has 0 radical (unpaired) electrons. The quantitative estimate of drug-likeness (QED) is 0.773. The summed E-state index contributed by atoms with van der Waals surface area (Å²) in [5.74, 6) is 0.0910. The molecule has 0 aliphatic heterocycles. The summed E-state index contributed by atoms with van der Waals surface area (Å²) in [6, 6.07) is 9.94. The highest BCUT2D eigenvalue weighted by Gasteiger charge is 2.12. The maximum atomic E-state index is 14.0. The zero-order valence-electron chi connectivity index (χ0n) is 10.7. The largest absolute Gasteiger partial charge is 0.494 e. The predicted octanol–water partition coefficient (Wildman–Crippen LogP) is 3.99. The van der Waals surface area contributed by atoms with Gasteiger partial charge in [0, 0.05) is 5.56 Å². The number of methoxy groups -OCH3 is 1. The van der Waals surface area contributed by atoms with Crippen molar-refractivity contribution in [1.82, 2.24) is 0 Å². The molecule has 20 heavy (non-hydrogen) atoms. The number of benzene rings is 2. The minimum Gasteiger partial charge on any atom is -0.494 e. The van der Waals surface area contributed by atoms with Crippen LogP contribution < -0.4 is 9.47 Å². The van der Waals surface area contributed by atoms with Gasteiger partial charge in [0.05, 0.1) is 17.1 Å². The lowest BCUT2D eigenvalue weighted by Crippen LogP contribution is -2.02. The van der Waals surface area contributed by atoms with Gasteiger partial charge in [-0.3, -0.25) is 4.79 Å². The van der Waals surface area contributed by atoms with Gasteiger partial charge in [0.25, 0.3) is 0 Å². The van der Waals surface area contributed by atoms with E-state index >= 15 is 0 Å². The molecule has 3 nitrogen and oxygen atoms in total. The second-order valence-electron chi connectivity index (χ2n) is 4.00. The van der Waals surface area contributed by atoms with Crippen molar-refractivity contribution in [2.75, 3.05) is 7.11 Å². The predicted molar refractivity (Wildman–Crippen MR) is 76.8 cm³/mol. The first-order valence-corrected chi connectivity index (χ1v) is 6.64. The van der Waals surface area contributed by atoms with Gasteiger partial charge < -0.3 is 9.47 Å². The van der Waals surface area contributed by atoms with Gasteiger partial charge in [0.2, 0.25) is 0 Å². The molecular formula is C15H12BrFO3. The van der Waals surface area contributed by atoms with Gasteiger partial charge in [-0.25, -0.2) is 4.39 Å². The molecule has 0 spiro atoms. The van der Waals surface area contributed by atoms with E-state index in [0.717, 1.165) is 0 Å². The first-order valence-electron chi connectivity index (χ1n) is 5.85. The zero-order valence-corrected chi connectivity index (χ0v) is 12.3. The van der Waals surface area contributed by atoms with Gasteiger partial charge in [0.15, 0.2) is 17.9 Å². The fourth-order valence-corrected chi connectivity index (χ4v) is 2.24. The van der Waals surface area contributed by atoms with Crippen molar-refractivity contribution in [2.45, 2.75) is 6.61 Å². The van der Waals surface area contributed by atoms with Crippen LogP contribution in [0.1, 0.15) is 15.9 Å². The average Bonchev–Trinajstić information content (AvgIpc) is 2.47. The van der Waals surface area contributed by atoms with Gasteiger partial charge >= 0.3 is 0 Å². The van der Waals surface area contributed by atoms with Crippen LogP contribution in [-0.2, 0) is 6.61 Å². The maximum Gasteiger partial charge on any atom is 0.171 e. The van der Waals surface area contributed by atoms with E-state index in [1.165, 1.54) is 13.2 Å². The minimum absolute atomic E-state index is 0.00644. The van der Waals surface area contributed by atoms with Gasteiger partial charge in [-0.2, -0.15) is 0 Å². The van der Waals surface area contributed by atoms with Crippen LogP contribution >= 0.6 is 15.9 Å². The van der Waals surface area contributed by atoms with Gasteiger partial charge in [-0.15, -0.1) is 0 Å². The SMILES string of the molecule is COc1cccc(COc2c(Br)cccc2C=O)c1F. The van der Waals surface area contributed by atoms with Crippen LogP contribution in [0.25, 0.3) is 0 Å². The molecule has 0 saturated heterocycles. The average molecular weight is 339 g/mol. The molecule has 0 aromatic heterocycles. The van der Waals surface area contributed by atoms with E-state index in [-0.39, 0.29) is 12.4 Å². The molecular weight excluding hydrogens is 327 g/mol. The summed E-state index contributed by atoms with van der Waals surface area (Å²) in [7, 11) is 1.40. The number of rotatable bonds is 5. The summed E-state index contributed by atoms with van der Waals surface area (Å²) in [5, 5.41) is 0. The third-order valence-corrected chi connectivity index (χ3v) is 3.38. The lowest BCUT2D eigenvalue weighted by Gasteiger charge is -2.12. The van der Waals surface area contributed by atoms with Crippen molar-refractivity contribution < 1.29 is 18.7 Å². The second-order valence-corrected chi connectivity index (χ2v) is 4.85. The Hall–Kier alpha value is -1.88. The zero-order chi connectivity index (χ0) is 14.5. The summed E-state index contributed by atoms with van der Waals surface area (Å²) in [5.41, 5.74) is 0.764. The number of hydrogen-bond donors (Lipinski definition) is 0. The second kappa shape index (κ2) is 6.52. The number of aldehydes is 1. The number of carbonyl (C=O) groups is 1. The Bertz CT molecular complexity index is 629. The first-order chi connectivity index (χ1) is 9.67. The number of halogens is 2. The fraction of sp³-hybridized carbons (Fsp3) is 0.133. The highest BCUT2D eigenvalue weighted by molar-refractivity contribution is 9.10. The molecule has 2 aromatic carbocycles. The lowest BCUT2D eigenvalue weighted by atomic mass is 10.2. The van der Waals surface area contributed by atoms with Crippen molar-refractivity contribution >= 4 is 22.2 Å². The molecule has 104 valence electrons. The third kappa shape index (κ3) is 2.99. The maximum absolute atomic E-state index is 14.0. The summed E-state index contributed by atoms with van der Waals surface area (Å²) in [6.45, 7) is 0.00644. The molecule has 2 rings (SSSR count). The van der Waals surface area contributed by atoms with Crippen molar-refractivity contribution in [2.24, 2.45) is 0 Å². The molecule has 0 unspecified atom stereocenters. The highest BCUT2D eigenvalue weighted by Crippen LogP contribution is 2.29. The number of carbonyl (C=O) groups excluding carboxylic acids is 1. The van der Waals surface area contributed by atoms with Crippen LogP contribution in [0.15, 0.2) is 40.9 Å². The van der Waals surface area contributed by atoms with Crippen molar-refractivity contribution in [3.63, 3.8) is 0 Å². The van der Waals surface area contributed by atoms with Crippen LogP contribution in [0.2, 0.25) is 0 Å². The molecule has 0 amide bonds. The number of para-hydroxylation sites is 1. The molecule has 0 bridgehead atoms. The Kier molecular flexibility index (Phi) is 4.74. The summed E-state index contributed by atoms with van der Waals surface area (Å²) in [6.07, 6.45) is 0.696. The Morgan fingerprint density at radius 2 is 2.00 bits per heavy atom. The first kappa shape index (κ1) is 14.5. The van der Waals surface area contributed by atoms with Crippen molar-refractivity contribution in [3.05, 3.63) is 57.8 Å². The van der Waals surface area contributed by atoms with Crippen LogP contribution in [0.5, 0.6) is 11.5 Å². The Balaban J connectivity index is 2.23. The van der Waals surface area contributed by atoms with E-state index in [9.17, 15) is 9.18 Å². The molecule has 5 heteroatoms. The monoisotopic (exact) mass is 338 g/mol. The van der Waals surface area contributed by atoms with Crippen LogP contribution in [-0.4, -0.2) is 13.4 Å². The van der Waals surface area contributed by atoms with E-state index in [2.05, 4.69) is 15.9 Å². The van der Waals surface area contributed by atoms with Crippen LogP contribution in [0.4, 0.5) is 4.39 Å². The standard InChI is InChI=1S/C15H12BrFO3/c1-19-13-7-3-5-11(14(13)17)9-20-15-10(8-18)4-2-6-12(15)16/h2-8H,9H2,1H3. The molecule has 0 aliphatic carbocycles. The minimum atomic E-state index is -0.463. The van der Waals surface area contributed by atoms with Crippen molar-refractivity contribution in [3.8, 4) is 11.5 Å². The fourth-order valence-electron chi connectivity index (χ4n) is 1.75. The van der Waals surface area contributed by atoms with E-state index in [0.29, 0.717) is 27.6 Å². The molecule has 0 atom stereocenters. The number of hydrogen-bond acceptors (Lipinski definition) is 3. The highest BCUT2D eigenvalue weighted by atomic mass is 79.9. The topological polar surface area (TPSA) is 35.5 Å². The third-order valence-electron chi connectivity index (χ3n) is 2.76. The van der Waals surface area contributed by atoms with Gasteiger partial charge in [-0.05, 0) is 34.1 Å². The van der Waals surface area contributed by atoms with Gasteiger partial charge in [0.1, 0.15) is 12.4 Å². The molecule has 0 N–H and O–H groups in total. The summed E-state index contributed by atoms with van der Waals surface area (Å²) < 4.78 is 25.1. The molecule has 0 aliphatic rings. The molecule has 0 saturated carbocycles. The summed E-state index contributed by atoms with van der Waals surface area (Å²) >= 11 is 3.31. The number of ether oxygens (including phenoxy) is 2. The van der Waals surface area contributed by atoms with E-state index in [1.807, 2.05) is 0 Å².